The predicted octanol–water partition coefficient (Wildman–Crippen LogP) is 1.73. The van der Waals surface area contributed by atoms with Gasteiger partial charge in [0.05, 0.1) is 24.6 Å². The number of fused-ring (bicyclic) bond motifs is 1. The van der Waals surface area contributed by atoms with Crippen molar-refractivity contribution in [3.05, 3.63) is 59.2 Å². The number of hydrogen-bond donors (Lipinski definition) is 2. The molecule has 0 aliphatic carbocycles. The molecule has 0 bridgehead atoms. The molecule has 2 aliphatic rings. The lowest BCUT2D eigenvalue weighted by Crippen LogP contribution is -2.53. The van der Waals surface area contributed by atoms with Crippen LogP contribution >= 0.6 is 0 Å². The standard InChI is InChI=1S/C27H35N3O7S/c1-5-18-6-9-20(10-7-18)38(34,35)28-24-21-16-19(8-11-22(21)37-27(2,3)25(24)32)26(33)30-14-12-29(13-15-30)17-23(31)36-4/h6-11,16,24-25,28,32H,5,12-15,17H2,1-4H3/t24-,25+/m1/s1. The van der Waals surface area contributed by atoms with Crippen LogP contribution in [0, 0.1) is 0 Å². The minimum absolute atomic E-state index is 0.0878. The van der Waals surface area contributed by atoms with E-state index in [1.165, 1.54) is 7.11 Å². The van der Waals surface area contributed by atoms with Crippen LogP contribution in [0.25, 0.3) is 0 Å². The van der Waals surface area contributed by atoms with Crippen molar-refractivity contribution in [2.75, 3.05) is 39.8 Å². The Morgan fingerprint density at radius 3 is 2.37 bits per heavy atom. The Labute approximate surface area is 223 Å². The monoisotopic (exact) mass is 545 g/mol. The van der Waals surface area contributed by atoms with Gasteiger partial charge in [-0.25, -0.2) is 13.1 Å². The third-order valence-electron chi connectivity index (χ3n) is 7.16. The van der Waals surface area contributed by atoms with Gasteiger partial charge in [-0.15, -0.1) is 0 Å². The van der Waals surface area contributed by atoms with Gasteiger partial charge in [0.2, 0.25) is 10.0 Å². The highest BCUT2D eigenvalue weighted by atomic mass is 32.2. The van der Waals surface area contributed by atoms with Gasteiger partial charge >= 0.3 is 5.97 Å². The van der Waals surface area contributed by atoms with Gasteiger partial charge < -0.3 is 19.5 Å². The first-order valence-corrected chi connectivity index (χ1v) is 14.1. The molecule has 2 heterocycles. The maximum atomic E-state index is 13.3. The van der Waals surface area contributed by atoms with E-state index in [0.717, 1.165) is 12.0 Å². The second-order valence-electron chi connectivity index (χ2n) is 10.1. The number of sulfonamides is 1. The topological polar surface area (TPSA) is 125 Å². The van der Waals surface area contributed by atoms with Gasteiger partial charge in [-0.3, -0.25) is 14.5 Å². The van der Waals surface area contributed by atoms with E-state index in [0.29, 0.717) is 43.1 Å². The van der Waals surface area contributed by atoms with Gasteiger partial charge in [-0.05, 0) is 56.2 Å². The molecule has 10 nitrogen and oxygen atoms in total. The number of piperazine rings is 1. The maximum absolute atomic E-state index is 13.3. The summed E-state index contributed by atoms with van der Waals surface area (Å²) >= 11 is 0. The third kappa shape index (κ3) is 5.85. The number of benzene rings is 2. The summed E-state index contributed by atoms with van der Waals surface area (Å²) in [6, 6.07) is 10.4. The smallest absolute Gasteiger partial charge is 0.319 e. The zero-order valence-corrected chi connectivity index (χ0v) is 23.0. The highest BCUT2D eigenvalue weighted by Crippen LogP contribution is 2.41. The minimum atomic E-state index is -3.99. The summed E-state index contributed by atoms with van der Waals surface area (Å²) in [5, 5.41) is 11.1. The van der Waals surface area contributed by atoms with Crippen molar-refractivity contribution in [1.29, 1.82) is 0 Å². The largest absolute Gasteiger partial charge is 0.485 e. The highest BCUT2D eigenvalue weighted by Gasteiger charge is 2.45. The normalized spacial score (nSPS) is 21.3. The maximum Gasteiger partial charge on any atom is 0.319 e. The average Bonchev–Trinajstić information content (AvgIpc) is 2.91. The summed E-state index contributed by atoms with van der Waals surface area (Å²) in [6.45, 7) is 7.45. The fourth-order valence-electron chi connectivity index (χ4n) is 4.74. The van der Waals surface area contributed by atoms with Gasteiger partial charge in [-0.1, -0.05) is 19.1 Å². The van der Waals surface area contributed by atoms with Gasteiger partial charge in [0.25, 0.3) is 5.91 Å². The van der Waals surface area contributed by atoms with E-state index in [-0.39, 0.29) is 23.3 Å². The predicted molar refractivity (Wildman–Crippen MR) is 140 cm³/mol. The molecule has 1 saturated heterocycles. The number of aliphatic hydroxyl groups excluding tert-OH is 1. The number of nitrogens with zero attached hydrogens (tertiary/aromatic N) is 2. The first kappa shape index (κ1) is 28.0. The molecule has 0 aromatic heterocycles. The average molecular weight is 546 g/mol. The van der Waals surface area contributed by atoms with Crippen molar-refractivity contribution < 1.29 is 32.6 Å². The van der Waals surface area contributed by atoms with Crippen molar-refractivity contribution in [1.82, 2.24) is 14.5 Å². The molecule has 2 aliphatic heterocycles. The molecule has 0 radical (unpaired) electrons. The molecule has 0 unspecified atom stereocenters. The van der Waals surface area contributed by atoms with Crippen LogP contribution in [0.5, 0.6) is 5.75 Å². The zero-order valence-electron chi connectivity index (χ0n) is 22.1. The summed E-state index contributed by atoms with van der Waals surface area (Å²) in [6.07, 6.45) is -0.433. The molecule has 2 atom stereocenters. The molecule has 206 valence electrons. The number of methoxy groups -OCH3 is 1. The summed E-state index contributed by atoms with van der Waals surface area (Å²) in [5.41, 5.74) is 0.682. The van der Waals surface area contributed by atoms with E-state index < -0.39 is 27.8 Å². The lowest BCUT2D eigenvalue weighted by molar-refractivity contribution is -0.142. The number of rotatable bonds is 7. The number of amides is 1. The molecule has 2 aromatic rings. The van der Waals surface area contributed by atoms with Crippen molar-refractivity contribution in [2.45, 2.75) is 49.8 Å². The minimum Gasteiger partial charge on any atom is -0.485 e. The number of carbonyl (C=O) groups excluding carboxylic acids is 2. The molecule has 0 saturated carbocycles. The van der Waals surface area contributed by atoms with Crippen LogP contribution in [0.4, 0.5) is 0 Å². The molecule has 4 rings (SSSR count). The van der Waals surface area contributed by atoms with Crippen molar-refractivity contribution >= 4 is 21.9 Å². The van der Waals surface area contributed by atoms with E-state index in [4.69, 9.17) is 9.47 Å². The Morgan fingerprint density at radius 2 is 1.76 bits per heavy atom. The molecule has 0 spiro atoms. The number of hydrogen-bond acceptors (Lipinski definition) is 8. The van der Waals surface area contributed by atoms with E-state index >= 15 is 0 Å². The van der Waals surface area contributed by atoms with Crippen LogP contribution in [-0.4, -0.2) is 86.7 Å². The molecule has 38 heavy (non-hydrogen) atoms. The van der Waals surface area contributed by atoms with Crippen LogP contribution in [0.1, 0.15) is 48.3 Å². The number of carbonyl (C=O) groups is 2. The number of aliphatic hydroxyl groups is 1. The van der Waals surface area contributed by atoms with Crippen molar-refractivity contribution in [3.8, 4) is 5.75 Å². The van der Waals surface area contributed by atoms with E-state index in [9.17, 15) is 23.1 Å². The highest BCUT2D eigenvalue weighted by molar-refractivity contribution is 7.89. The van der Waals surface area contributed by atoms with Crippen LogP contribution < -0.4 is 9.46 Å². The first-order chi connectivity index (χ1) is 17.9. The number of nitrogens with one attached hydrogen (secondary N) is 1. The molecular weight excluding hydrogens is 510 g/mol. The lowest BCUT2D eigenvalue weighted by Gasteiger charge is -2.42. The summed E-state index contributed by atoms with van der Waals surface area (Å²) in [4.78, 5) is 28.6. The lowest BCUT2D eigenvalue weighted by atomic mass is 9.86. The third-order valence-corrected chi connectivity index (χ3v) is 8.61. The van der Waals surface area contributed by atoms with Gasteiger partial charge in [0, 0.05) is 37.3 Å². The van der Waals surface area contributed by atoms with Crippen molar-refractivity contribution in [2.24, 2.45) is 0 Å². The first-order valence-electron chi connectivity index (χ1n) is 12.7. The zero-order chi connectivity index (χ0) is 27.7. The Balaban J connectivity index is 1.58. The number of aryl methyl sites for hydroxylation is 1. The van der Waals surface area contributed by atoms with Crippen LogP contribution in [0.2, 0.25) is 0 Å². The summed E-state index contributed by atoms with van der Waals surface area (Å²) in [5.74, 6) is -0.147. The fraction of sp³-hybridized carbons (Fsp3) is 0.481. The molecule has 11 heteroatoms. The number of ether oxygens (including phenoxy) is 2. The van der Waals surface area contributed by atoms with Crippen LogP contribution in [0.3, 0.4) is 0 Å². The van der Waals surface area contributed by atoms with Crippen LogP contribution in [0.15, 0.2) is 47.4 Å². The van der Waals surface area contributed by atoms with Gasteiger partial charge in [0.1, 0.15) is 17.5 Å². The quantitative estimate of drug-likeness (QED) is 0.504. The molecule has 2 N–H and O–H groups in total. The van der Waals surface area contributed by atoms with Gasteiger partial charge in [-0.2, -0.15) is 0 Å². The Hall–Kier alpha value is -2.99. The Morgan fingerprint density at radius 1 is 1.11 bits per heavy atom. The molecule has 2 aromatic carbocycles. The molecule has 1 amide bonds. The molecule has 1 fully saturated rings. The van der Waals surface area contributed by atoms with E-state index in [1.807, 2.05) is 11.8 Å². The second kappa shape index (κ2) is 11.0. The van der Waals surface area contributed by atoms with E-state index in [1.54, 1.807) is 61.2 Å². The SMILES string of the molecule is CCc1ccc(S(=O)(=O)N[C@@H]2c3cc(C(=O)N4CCN(CC(=O)OC)CC4)ccc3OC(C)(C)[C@H]2O)cc1. The molecular formula is C27H35N3O7S. The van der Waals surface area contributed by atoms with Crippen LogP contribution in [-0.2, 0) is 26.0 Å². The second-order valence-corrected chi connectivity index (χ2v) is 11.9. The Bertz CT molecular complexity index is 1290. The summed E-state index contributed by atoms with van der Waals surface area (Å²) in [7, 11) is -2.64. The van der Waals surface area contributed by atoms with Gasteiger partial charge in [0.15, 0.2) is 0 Å². The Kier molecular flexibility index (Phi) is 8.12. The summed E-state index contributed by atoms with van der Waals surface area (Å²) < 4.78 is 39.9. The van der Waals surface area contributed by atoms with Crippen molar-refractivity contribution in [3.63, 3.8) is 0 Å². The fourth-order valence-corrected chi connectivity index (χ4v) is 5.96. The van der Waals surface area contributed by atoms with E-state index in [2.05, 4.69) is 4.72 Å². The number of esters is 1.